The number of nitrogens with zero attached hydrogens (tertiary/aromatic N) is 1. The molecule has 30 heavy (non-hydrogen) atoms. The molecule has 0 aliphatic heterocycles. The number of likely N-dealkylation sites (N-methyl/N-ethyl adjacent to an activating group) is 1. The first-order valence-electron chi connectivity index (χ1n) is 10.6. The minimum absolute atomic E-state index is 0.00566. The number of nitrogens with one attached hydrogen (secondary N) is 2. The van der Waals surface area contributed by atoms with Crippen molar-refractivity contribution in [1.82, 2.24) is 15.5 Å². The van der Waals surface area contributed by atoms with Crippen LogP contribution in [-0.2, 0) is 11.3 Å². The number of amides is 2. The molecule has 0 saturated heterocycles. The minimum atomic E-state index is -0.101. The van der Waals surface area contributed by atoms with Crippen molar-refractivity contribution >= 4 is 11.8 Å². The molecule has 1 unspecified atom stereocenters. The van der Waals surface area contributed by atoms with Gasteiger partial charge in [0.25, 0.3) is 5.91 Å². The van der Waals surface area contributed by atoms with E-state index in [0.29, 0.717) is 30.5 Å². The van der Waals surface area contributed by atoms with E-state index in [1.807, 2.05) is 24.1 Å². The Hall–Kier alpha value is -2.66. The van der Waals surface area contributed by atoms with Crippen LogP contribution < -0.4 is 10.6 Å². The summed E-state index contributed by atoms with van der Waals surface area (Å²) in [5, 5.41) is 5.81. The Kier molecular flexibility index (Phi) is 8.60. The zero-order valence-corrected chi connectivity index (χ0v) is 19.0. The molecule has 1 atom stereocenters. The molecule has 2 rings (SSSR count). The summed E-state index contributed by atoms with van der Waals surface area (Å²) < 4.78 is 0. The summed E-state index contributed by atoms with van der Waals surface area (Å²) in [7, 11) is 3.54. The van der Waals surface area contributed by atoms with Gasteiger partial charge < -0.3 is 10.6 Å². The van der Waals surface area contributed by atoms with Gasteiger partial charge in [-0.05, 0) is 47.7 Å². The molecule has 0 radical (unpaired) electrons. The van der Waals surface area contributed by atoms with Gasteiger partial charge in [0, 0.05) is 19.2 Å². The van der Waals surface area contributed by atoms with E-state index in [-0.39, 0.29) is 17.9 Å². The van der Waals surface area contributed by atoms with Crippen molar-refractivity contribution in [3.63, 3.8) is 0 Å². The minimum Gasteiger partial charge on any atom is -0.355 e. The molecular formula is C25H35N3O2. The number of hydrogen-bond donors (Lipinski definition) is 2. The molecule has 2 amide bonds. The fourth-order valence-corrected chi connectivity index (χ4v) is 3.46. The van der Waals surface area contributed by atoms with Crippen LogP contribution >= 0.6 is 0 Å². The van der Waals surface area contributed by atoms with Crippen LogP contribution in [0.2, 0.25) is 0 Å². The van der Waals surface area contributed by atoms with Gasteiger partial charge in [-0.15, -0.1) is 0 Å². The van der Waals surface area contributed by atoms with Gasteiger partial charge in [-0.2, -0.15) is 0 Å². The van der Waals surface area contributed by atoms with Crippen LogP contribution in [0.15, 0.2) is 48.5 Å². The van der Waals surface area contributed by atoms with E-state index in [1.165, 1.54) is 5.56 Å². The molecule has 0 heterocycles. The summed E-state index contributed by atoms with van der Waals surface area (Å²) in [6.45, 7) is 9.55. The highest BCUT2D eigenvalue weighted by Gasteiger charge is 2.19. The Labute approximate surface area is 180 Å². The maximum absolute atomic E-state index is 12.7. The van der Waals surface area contributed by atoms with Crippen molar-refractivity contribution in [2.75, 3.05) is 20.6 Å². The molecule has 162 valence electrons. The summed E-state index contributed by atoms with van der Waals surface area (Å²) in [5.41, 5.74) is 4.12. The quantitative estimate of drug-likeness (QED) is 0.655. The average molecular weight is 410 g/mol. The van der Waals surface area contributed by atoms with Crippen molar-refractivity contribution in [3.8, 4) is 0 Å². The van der Waals surface area contributed by atoms with Crippen LogP contribution in [0.3, 0.4) is 0 Å². The van der Waals surface area contributed by atoms with E-state index in [4.69, 9.17) is 0 Å². The van der Waals surface area contributed by atoms with Crippen LogP contribution in [0, 0.1) is 5.92 Å². The summed E-state index contributed by atoms with van der Waals surface area (Å²) in [6, 6.07) is 16.0. The summed E-state index contributed by atoms with van der Waals surface area (Å²) in [4.78, 5) is 26.3. The second kappa shape index (κ2) is 10.9. The van der Waals surface area contributed by atoms with Crippen LogP contribution in [0.5, 0.6) is 0 Å². The van der Waals surface area contributed by atoms with Gasteiger partial charge in [0.05, 0.1) is 12.6 Å². The number of hydrogen-bond acceptors (Lipinski definition) is 3. The number of rotatable bonds is 9. The highest BCUT2D eigenvalue weighted by molar-refractivity contribution is 5.93. The van der Waals surface area contributed by atoms with Crippen molar-refractivity contribution < 1.29 is 9.59 Å². The maximum Gasteiger partial charge on any atom is 0.251 e. The number of carbonyl (C=O) groups is 2. The van der Waals surface area contributed by atoms with Gasteiger partial charge in [-0.1, -0.05) is 64.1 Å². The third-order valence-electron chi connectivity index (χ3n) is 5.25. The van der Waals surface area contributed by atoms with Gasteiger partial charge in [0.1, 0.15) is 0 Å². The molecule has 0 fully saturated rings. The third kappa shape index (κ3) is 6.70. The molecule has 5 heteroatoms. The fourth-order valence-electron chi connectivity index (χ4n) is 3.46. The van der Waals surface area contributed by atoms with Gasteiger partial charge in [-0.25, -0.2) is 0 Å². The van der Waals surface area contributed by atoms with Crippen molar-refractivity contribution in [3.05, 3.63) is 70.8 Å². The molecule has 0 bridgehead atoms. The first-order chi connectivity index (χ1) is 14.2. The highest BCUT2D eigenvalue weighted by atomic mass is 16.2. The van der Waals surface area contributed by atoms with Gasteiger partial charge in [0.2, 0.25) is 5.91 Å². The van der Waals surface area contributed by atoms with Gasteiger partial charge in [-0.3, -0.25) is 14.5 Å². The maximum atomic E-state index is 12.7. The van der Waals surface area contributed by atoms with E-state index in [2.05, 4.69) is 62.6 Å². The van der Waals surface area contributed by atoms with E-state index in [9.17, 15) is 9.59 Å². The topological polar surface area (TPSA) is 61.4 Å². The van der Waals surface area contributed by atoms with Crippen molar-refractivity contribution in [1.29, 1.82) is 0 Å². The second-order valence-electron chi connectivity index (χ2n) is 8.56. The number of carbonyl (C=O) groups excluding carboxylic acids is 2. The summed E-state index contributed by atoms with van der Waals surface area (Å²) in [5.74, 6) is 0.688. The molecule has 2 aromatic carbocycles. The van der Waals surface area contributed by atoms with Crippen molar-refractivity contribution in [2.45, 2.75) is 46.2 Å². The molecule has 0 spiro atoms. The van der Waals surface area contributed by atoms with Crippen LogP contribution in [-0.4, -0.2) is 37.4 Å². The Balaban J connectivity index is 1.95. The Morgan fingerprint density at radius 1 is 0.900 bits per heavy atom. The van der Waals surface area contributed by atoms with Crippen LogP contribution in [0.4, 0.5) is 0 Å². The lowest BCUT2D eigenvalue weighted by Crippen LogP contribution is -2.38. The van der Waals surface area contributed by atoms with Crippen molar-refractivity contribution in [2.24, 2.45) is 5.92 Å². The molecule has 2 N–H and O–H groups in total. The first kappa shape index (κ1) is 23.6. The Morgan fingerprint density at radius 3 is 1.97 bits per heavy atom. The highest BCUT2D eigenvalue weighted by Crippen LogP contribution is 2.24. The van der Waals surface area contributed by atoms with E-state index >= 15 is 0 Å². The lowest BCUT2D eigenvalue weighted by atomic mass is 9.93. The fraction of sp³-hybridized carbons (Fsp3) is 0.440. The molecule has 0 saturated carbocycles. The Morgan fingerprint density at radius 2 is 1.47 bits per heavy atom. The first-order valence-corrected chi connectivity index (χ1v) is 10.6. The normalized spacial score (nSPS) is 12.3. The van der Waals surface area contributed by atoms with E-state index < -0.39 is 0 Å². The van der Waals surface area contributed by atoms with E-state index in [0.717, 1.165) is 11.1 Å². The lowest BCUT2D eigenvalue weighted by molar-refractivity contribution is -0.123. The summed E-state index contributed by atoms with van der Waals surface area (Å²) >= 11 is 0. The number of benzene rings is 2. The largest absolute Gasteiger partial charge is 0.355 e. The zero-order chi connectivity index (χ0) is 22.3. The standard InChI is InChI=1S/C25H35N3O2/c1-17(2)20-11-13-21(14-12-20)24(18(3)4)27-23(29)16-28(6)15-19-7-9-22(10-8-19)25(30)26-5/h7-14,17-18,24H,15-16H2,1-6H3,(H,26,30)(H,27,29). The van der Waals surface area contributed by atoms with E-state index in [1.54, 1.807) is 19.2 Å². The molecule has 0 aliphatic carbocycles. The SMILES string of the molecule is CNC(=O)c1ccc(CN(C)CC(=O)NC(c2ccc(C(C)C)cc2)C(C)C)cc1. The summed E-state index contributed by atoms with van der Waals surface area (Å²) in [6.07, 6.45) is 0. The monoisotopic (exact) mass is 409 g/mol. The second-order valence-corrected chi connectivity index (χ2v) is 8.56. The predicted molar refractivity (Wildman–Crippen MR) is 122 cm³/mol. The molecule has 0 aliphatic rings. The molecule has 5 nitrogen and oxygen atoms in total. The van der Waals surface area contributed by atoms with Crippen LogP contribution in [0.1, 0.15) is 66.7 Å². The zero-order valence-electron chi connectivity index (χ0n) is 19.0. The average Bonchev–Trinajstić information content (AvgIpc) is 2.71. The molecule has 0 aromatic heterocycles. The lowest BCUT2D eigenvalue weighted by Gasteiger charge is -2.25. The van der Waals surface area contributed by atoms with Gasteiger partial charge in [0.15, 0.2) is 0 Å². The smallest absolute Gasteiger partial charge is 0.251 e. The van der Waals surface area contributed by atoms with Gasteiger partial charge >= 0.3 is 0 Å². The third-order valence-corrected chi connectivity index (χ3v) is 5.25. The predicted octanol–water partition coefficient (Wildman–Crippen LogP) is 4.11. The van der Waals surface area contributed by atoms with Crippen LogP contribution in [0.25, 0.3) is 0 Å². The Bertz CT molecular complexity index is 826. The molecular weight excluding hydrogens is 374 g/mol. The molecule has 2 aromatic rings.